The predicted molar refractivity (Wildman–Crippen MR) is 78.3 cm³/mol. The van der Waals surface area contributed by atoms with Crippen molar-refractivity contribution in [2.45, 2.75) is 26.3 Å². The third kappa shape index (κ3) is 4.84. The highest BCUT2D eigenvalue weighted by Crippen LogP contribution is 2.26. The van der Waals surface area contributed by atoms with Gasteiger partial charge in [-0.2, -0.15) is 0 Å². The summed E-state index contributed by atoms with van der Waals surface area (Å²) in [4.78, 5) is 2.19. The van der Waals surface area contributed by atoms with Gasteiger partial charge in [0.1, 0.15) is 5.75 Å². The van der Waals surface area contributed by atoms with Crippen LogP contribution in [-0.2, 0) is 0 Å². The van der Waals surface area contributed by atoms with Crippen LogP contribution in [0.5, 0.6) is 5.75 Å². The molecule has 0 aromatic heterocycles. The highest BCUT2D eigenvalue weighted by Gasteiger charge is 2.05. The first-order chi connectivity index (χ1) is 8.52. The lowest BCUT2D eigenvalue weighted by Crippen LogP contribution is -2.23. The molecule has 18 heavy (non-hydrogen) atoms. The molecule has 1 atom stereocenters. The Kier molecular flexibility index (Phi) is 5.78. The number of hydrogen-bond acceptors (Lipinski definition) is 4. The van der Waals surface area contributed by atoms with Crippen LogP contribution in [-0.4, -0.2) is 38.2 Å². The van der Waals surface area contributed by atoms with Crippen LogP contribution in [0.15, 0.2) is 18.2 Å². The number of ether oxygens (including phenoxy) is 1. The van der Waals surface area contributed by atoms with E-state index in [4.69, 9.17) is 10.5 Å². The largest absolute Gasteiger partial charge is 0.492 e. The Morgan fingerprint density at radius 3 is 2.72 bits per heavy atom. The Balaban J connectivity index is 2.58. The Bertz CT molecular complexity index is 366. The smallest absolute Gasteiger partial charge is 0.144 e. The van der Waals surface area contributed by atoms with E-state index in [0.717, 1.165) is 24.4 Å². The summed E-state index contributed by atoms with van der Waals surface area (Å²) in [6.07, 6.45) is 1.10. The Hall–Kier alpha value is -1.42. The molecule has 102 valence electrons. The molecule has 0 amide bonds. The molecule has 0 heterocycles. The van der Waals surface area contributed by atoms with Gasteiger partial charge in [0.2, 0.25) is 0 Å². The van der Waals surface area contributed by atoms with Gasteiger partial charge in [0.05, 0.1) is 12.3 Å². The lowest BCUT2D eigenvalue weighted by atomic mass is 10.2. The molecule has 1 unspecified atom stereocenters. The zero-order valence-electron chi connectivity index (χ0n) is 11.9. The molecule has 0 spiro atoms. The van der Waals surface area contributed by atoms with Crippen LogP contribution in [0, 0.1) is 0 Å². The van der Waals surface area contributed by atoms with Gasteiger partial charge in [-0.3, -0.25) is 0 Å². The first-order valence-corrected chi connectivity index (χ1v) is 6.46. The summed E-state index contributed by atoms with van der Waals surface area (Å²) in [5, 5.41) is 3.46. The summed E-state index contributed by atoms with van der Waals surface area (Å²) in [7, 11) is 4.17. The van der Waals surface area contributed by atoms with Crippen molar-refractivity contribution >= 4 is 11.4 Å². The van der Waals surface area contributed by atoms with Gasteiger partial charge in [0.25, 0.3) is 0 Å². The van der Waals surface area contributed by atoms with Crippen molar-refractivity contribution in [3.05, 3.63) is 18.2 Å². The number of nitrogens with one attached hydrogen (secondary N) is 1. The molecule has 0 aliphatic rings. The second-order valence-corrected chi connectivity index (χ2v) is 4.82. The molecule has 0 fully saturated rings. The standard InChI is InChI=1S/C14H25N3O/c1-5-18-14-10-12(6-7-13(14)15)16-11(2)8-9-17(3)4/h6-7,10-11,16H,5,8-9,15H2,1-4H3. The normalized spacial score (nSPS) is 12.5. The SMILES string of the molecule is CCOc1cc(NC(C)CCN(C)C)ccc1N. The maximum atomic E-state index is 5.85. The average Bonchev–Trinajstić information content (AvgIpc) is 2.31. The first-order valence-electron chi connectivity index (χ1n) is 6.46. The number of nitrogens with zero attached hydrogens (tertiary/aromatic N) is 1. The zero-order valence-corrected chi connectivity index (χ0v) is 11.9. The van der Waals surface area contributed by atoms with Gasteiger partial charge in [0.15, 0.2) is 0 Å². The van der Waals surface area contributed by atoms with Gasteiger partial charge < -0.3 is 20.7 Å². The van der Waals surface area contributed by atoms with Crippen LogP contribution < -0.4 is 15.8 Å². The maximum absolute atomic E-state index is 5.85. The van der Waals surface area contributed by atoms with Gasteiger partial charge in [-0.15, -0.1) is 0 Å². The molecule has 0 bridgehead atoms. The van der Waals surface area contributed by atoms with Crippen molar-refractivity contribution in [3.63, 3.8) is 0 Å². The van der Waals surface area contributed by atoms with Crippen LogP contribution in [0.4, 0.5) is 11.4 Å². The van der Waals surface area contributed by atoms with E-state index < -0.39 is 0 Å². The van der Waals surface area contributed by atoms with E-state index in [-0.39, 0.29) is 0 Å². The van der Waals surface area contributed by atoms with Crippen LogP contribution in [0.1, 0.15) is 20.3 Å². The molecule has 0 aliphatic carbocycles. The lowest BCUT2D eigenvalue weighted by Gasteiger charge is -2.18. The molecule has 1 rings (SSSR count). The fourth-order valence-corrected chi connectivity index (χ4v) is 1.71. The van der Waals surface area contributed by atoms with Crippen LogP contribution in [0.2, 0.25) is 0 Å². The van der Waals surface area contributed by atoms with Gasteiger partial charge >= 0.3 is 0 Å². The summed E-state index contributed by atoms with van der Waals surface area (Å²) in [5.41, 5.74) is 7.58. The van der Waals surface area contributed by atoms with E-state index in [0.29, 0.717) is 18.3 Å². The van der Waals surface area contributed by atoms with Crippen molar-refractivity contribution in [1.29, 1.82) is 0 Å². The summed E-state index contributed by atoms with van der Waals surface area (Å²) < 4.78 is 5.48. The minimum atomic E-state index is 0.422. The summed E-state index contributed by atoms with van der Waals surface area (Å²) in [6, 6.07) is 6.26. The van der Waals surface area contributed by atoms with Crippen molar-refractivity contribution in [3.8, 4) is 5.75 Å². The summed E-state index contributed by atoms with van der Waals surface area (Å²) in [6.45, 7) is 5.84. The molecular weight excluding hydrogens is 226 g/mol. The van der Waals surface area contributed by atoms with E-state index >= 15 is 0 Å². The highest BCUT2D eigenvalue weighted by atomic mass is 16.5. The van der Waals surface area contributed by atoms with E-state index in [9.17, 15) is 0 Å². The molecule has 0 saturated carbocycles. The van der Waals surface area contributed by atoms with E-state index in [2.05, 4.69) is 31.2 Å². The average molecular weight is 251 g/mol. The molecular formula is C14H25N3O. The van der Waals surface area contributed by atoms with Gasteiger partial charge in [-0.05, 0) is 53.0 Å². The van der Waals surface area contributed by atoms with Crippen molar-refractivity contribution in [1.82, 2.24) is 4.90 Å². The highest BCUT2D eigenvalue weighted by molar-refractivity contribution is 5.61. The molecule has 4 heteroatoms. The molecule has 0 radical (unpaired) electrons. The zero-order chi connectivity index (χ0) is 13.5. The van der Waals surface area contributed by atoms with E-state index in [1.54, 1.807) is 0 Å². The molecule has 1 aromatic rings. The number of anilines is 2. The fraction of sp³-hybridized carbons (Fsp3) is 0.571. The second-order valence-electron chi connectivity index (χ2n) is 4.82. The van der Waals surface area contributed by atoms with Crippen molar-refractivity contribution in [2.75, 3.05) is 38.3 Å². The van der Waals surface area contributed by atoms with Crippen molar-refractivity contribution in [2.24, 2.45) is 0 Å². The summed E-state index contributed by atoms with van der Waals surface area (Å²) >= 11 is 0. The monoisotopic (exact) mass is 251 g/mol. The fourth-order valence-electron chi connectivity index (χ4n) is 1.71. The minimum Gasteiger partial charge on any atom is -0.492 e. The van der Waals surface area contributed by atoms with Gasteiger partial charge in [-0.1, -0.05) is 0 Å². The van der Waals surface area contributed by atoms with Crippen LogP contribution >= 0.6 is 0 Å². The van der Waals surface area contributed by atoms with E-state index in [1.165, 1.54) is 0 Å². The number of nitrogens with two attached hydrogens (primary N) is 1. The predicted octanol–water partition coefficient (Wildman–Crippen LogP) is 2.42. The van der Waals surface area contributed by atoms with Gasteiger partial charge in [0, 0.05) is 17.8 Å². The second kappa shape index (κ2) is 7.11. The summed E-state index contributed by atoms with van der Waals surface area (Å²) in [5.74, 6) is 0.752. The van der Waals surface area contributed by atoms with Crippen LogP contribution in [0.25, 0.3) is 0 Å². The number of rotatable bonds is 7. The molecule has 0 saturated heterocycles. The molecule has 4 nitrogen and oxygen atoms in total. The number of benzene rings is 1. The Morgan fingerprint density at radius 2 is 2.11 bits per heavy atom. The van der Waals surface area contributed by atoms with Crippen LogP contribution in [0.3, 0.4) is 0 Å². The minimum absolute atomic E-state index is 0.422. The number of nitrogen functional groups attached to an aromatic ring is 1. The third-order valence-corrected chi connectivity index (χ3v) is 2.74. The van der Waals surface area contributed by atoms with E-state index in [1.807, 2.05) is 25.1 Å². The van der Waals surface area contributed by atoms with Gasteiger partial charge in [-0.25, -0.2) is 0 Å². The maximum Gasteiger partial charge on any atom is 0.144 e. The quantitative estimate of drug-likeness (QED) is 0.731. The first kappa shape index (κ1) is 14.6. The topological polar surface area (TPSA) is 50.5 Å². The molecule has 1 aromatic carbocycles. The number of hydrogen-bond donors (Lipinski definition) is 2. The molecule has 0 aliphatic heterocycles. The van der Waals surface area contributed by atoms with Crippen molar-refractivity contribution < 1.29 is 4.74 Å². The Morgan fingerprint density at radius 1 is 1.39 bits per heavy atom. The molecule has 3 N–H and O–H groups in total. The lowest BCUT2D eigenvalue weighted by molar-refractivity contribution is 0.342. The Labute approximate surface area is 110 Å². The third-order valence-electron chi connectivity index (χ3n) is 2.74.